The van der Waals surface area contributed by atoms with Crippen molar-refractivity contribution in [1.29, 1.82) is 0 Å². The highest BCUT2D eigenvalue weighted by atomic mass is 16.8. The van der Waals surface area contributed by atoms with Gasteiger partial charge < -0.3 is 34.8 Å². The molecular weight excluding hydrogens is 394 g/mol. The number of carboxylic acid groups (broad SMARTS) is 1. The molecular formula is C21H31NO8. The van der Waals surface area contributed by atoms with E-state index in [1.54, 1.807) is 6.07 Å². The molecule has 1 aromatic rings. The van der Waals surface area contributed by atoms with Gasteiger partial charge in [0.05, 0.1) is 0 Å². The van der Waals surface area contributed by atoms with Crippen molar-refractivity contribution in [3.63, 3.8) is 0 Å². The van der Waals surface area contributed by atoms with E-state index in [0.717, 1.165) is 24.9 Å². The van der Waals surface area contributed by atoms with Crippen molar-refractivity contribution in [2.45, 2.75) is 62.5 Å². The SMILES string of the molecule is CN(C)C[C@@H]1CCCCC1c1cccc(OC2OC(OC(=O)O)C(O)C(O)C2O)c1. The average Bonchev–Trinajstić information content (AvgIpc) is 2.70. The lowest BCUT2D eigenvalue weighted by Gasteiger charge is -2.39. The van der Waals surface area contributed by atoms with Gasteiger partial charge in [0, 0.05) is 6.54 Å². The van der Waals surface area contributed by atoms with Crippen LogP contribution in [0.4, 0.5) is 4.79 Å². The quantitative estimate of drug-likeness (QED) is 0.499. The summed E-state index contributed by atoms with van der Waals surface area (Å²) in [6.07, 6.45) is -5.08. The van der Waals surface area contributed by atoms with E-state index in [9.17, 15) is 20.1 Å². The van der Waals surface area contributed by atoms with Gasteiger partial charge in [-0.15, -0.1) is 0 Å². The van der Waals surface area contributed by atoms with Gasteiger partial charge in [0.25, 0.3) is 0 Å². The second-order valence-electron chi connectivity index (χ2n) is 8.33. The molecule has 0 bridgehead atoms. The molecule has 2 aliphatic rings. The number of nitrogens with zero attached hydrogens (tertiary/aromatic N) is 1. The number of hydrogen-bond acceptors (Lipinski definition) is 8. The Morgan fingerprint density at radius 2 is 1.80 bits per heavy atom. The Bertz CT molecular complexity index is 714. The Morgan fingerprint density at radius 3 is 2.50 bits per heavy atom. The minimum Gasteiger partial charge on any atom is -0.462 e. The molecule has 0 aromatic heterocycles. The molecule has 0 amide bonds. The second kappa shape index (κ2) is 9.93. The van der Waals surface area contributed by atoms with Gasteiger partial charge in [-0.05, 0) is 56.5 Å². The van der Waals surface area contributed by atoms with Crippen LogP contribution in [0.1, 0.15) is 37.2 Å². The van der Waals surface area contributed by atoms with E-state index in [1.165, 1.54) is 12.8 Å². The van der Waals surface area contributed by atoms with Gasteiger partial charge in [-0.25, -0.2) is 4.79 Å². The van der Waals surface area contributed by atoms with Crippen LogP contribution in [-0.2, 0) is 9.47 Å². The third kappa shape index (κ3) is 5.41. The zero-order valence-corrected chi connectivity index (χ0v) is 17.3. The molecule has 168 valence electrons. The average molecular weight is 425 g/mol. The maximum absolute atomic E-state index is 10.8. The highest BCUT2D eigenvalue weighted by molar-refractivity contribution is 5.57. The third-order valence-electron chi connectivity index (χ3n) is 5.79. The van der Waals surface area contributed by atoms with Crippen molar-refractivity contribution < 1.29 is 39.4 Å². The van der Waals surface area contributed by atoms with E-state index in [0.29, 0.717) is 17.6 Å². The van der Waals surface area contributed by atoms with Gasteiger partial charge in [-0.3, -0.25) is 4.74 Å². The summed E-state index contributed by atoms with van der Waals surface area (Å²) in [6, 6.07) is 7.50. The van der Waals surface area contributed by atoms with Gasteiger partial charge in [0.15, 0.2) is 0 Å². The highest BCUT2D eigenvalue weighted by Gasteiger charge is 2.47. The summed E-state index contributed by atoms with van der Waals surface area (Å²) in [4.78, 5) is 13.0. The maximum Gasteiger partial charge on any atom is 0.508 e. The van der Waals surface area contributed by atoms with Crippen molar-refractivity contribution in [1.82, 2.24) is 4.90 Å². The standard InChI is InChI=1S/C21H31NO8/c1-22(2)11-13-6-3-4-9-15(13)12-7-5-8-14(10-12)28-19-17(24)16(23)18(25)20(29-19)30-21(26)27/h5,7-8,10,13,15-20,23-25H,3-4,6,9,11H2,1-2H3,(H,26,27)/t13-,15?,16?,17?,18?,19?,20?/m0/s1. The summed E-state index contributed by atoms with van der Waals surface area (Å²) < 4.78 is 15.4. The zero-order chi connectivity index (χ0) is 21.8. The number of hydrogen-bond donors (Lipinski definition) is 4. The largest absolute Gasteiger partial charge is 0.508 e. The monoisotopic (exact) mass is 425 g/mol. The summed E-state index contributed by atoms with van der Waals surface area (Å²) in [5.41, 5.74) is 1.13. The Hall–Kier alpha value is -1.91. The topological polar surface area (TPSA) is 129 Å². The van der Waals surface area contributed by atoms with Gasteiger partial charge in [-0.1, -0.05) is 25.0 Å². The smallest absolute Gasteiger partial charge is 0.462 e. The minimum atomic E-state index is -1.73. The van der Waals surface area contributed by atoms with Gasteiger partial charge in [-0.2, -0.15) is 0 Å². The third-order valence-corrected chi connectivity index (χ3v) is 5.79. The Balaban J connectivity index is 1.74. The first kappa shape index (κ1) is 22.8. The normalized spacial score (nSPS) is 34.5. The van der Waals surface area contributed by atoms with E-state index in [1.807, 2.05) is 12.1 Å². The van der Waals surface area contributed by atoms with Crippen LogP contribution in [0, 0.1) is 5.92 Å². The Kier molecular flexibility index (Phi) is 7.54. The van der Waals surface area contributed by atoms with Crippen molar-refractivity contribution in [3.05, 3.63) is 29.8 Å². The molecule has 30 heavy (non-hydrogen) atoms. The predicted octanol–water partition coefficient (Wildman–Crippen LogP) is 1.36. The van der Waals surface area contributed by atoms with Crippen molar-refractivity contribution in [2.75, 3.05) is 20.6 Å². The number of rotatable bonds is 6. The molecule has 6 unspecified atom stereocenters. The van der Waals surface area contributed by atoms with Crippen LogP contribution >= 0.6 is 0 Å². The molecule has 1 aliphatic carbocycles. The molecule has 0 spiro atoms. The van der Waals surface area contributed by atoms with Crippen LogP contribution < -0.4 is 4.74 Å². The van der Waals surface area contributed by atoms with Crippen LogP contribution in [0.2, 0.25) is 0 Å². The van der Waals surface area contributed by atoms with Gasteiger partial charge >= 0.3 is 6.16 Å². The summed E-state index contributed by atoms with van der Waals surface area (Å²) in [5, 5.41) is 38.9. The van der Waals surface area contributed by atoms with Gasteiger partial charge in [0.1, 0.15) is 24.1 Å². The fourth-order valence-corrected chi connectivity index (χ4v) is 4.40. The van der Waals surface area contributed by atoms with Crippen molar-refractivity contribution in [2.24, 2.45) is 5.92 Å². The van der Waals surface area contributed by atoms with E-state index in [2.05, 4.69) is 29.8 Å². The van der Waals surface area contributed by atoms with Crippen LogP contribution in [0.5, 0.6) is 5.75 Å². The van der Waals surface area contributed by atoms with E-state index < -0.39 is 37.0 Å². The molecule has 9 nitrogen and oxygen atoms in total. The number of benzene rings is 1. The zero-order valence-electron chi connectivity index (χ0n) is 17.3. The minimum absolute atomic E-state index is 0.386. The first-order chi connectivity index (χ1) is 14.3. The molecule has 1 aliphatic heterocycles. The molecule has 1 saturated heterocycles. The van der Waals surface area contributed by atoms with Crippen LogP contribution in [0.3, 0.4) is 0 Å². The fraction of sp³-hybridized carbons (Fsp3) is 0.667. The molecule has 9 heteroatoms. The lowest BCUT2D eigenvalue weighted by Crippen LogP contribution is -2.60. The summed E-state index contributed by atoms with van der Waals surface area (Å²) in [5.74, 6) is 1.34. The first-order valence-corrected chi connectivity index (χ1v) is 10.3. The van der Waals surface area contributed by atoms with Crippen molar-refractivity contribution >= 4 is 6.16 Å². The lowest BCUT2D eigenvalue weighted by atomic mass is 9.75. The summed E-state index contributed by atoms with van der Waals surface area (Å²) >= 11 is 0. The highest BCUT2D eigenvalue weighted by Crippen LogP contribution is 2.39. The van der Waals surface area contributed by atoms with E-state index in [4.69, 9.17) is 14.6 Å². The molecule has 1 aromatic carbocycles. The summed E-state index contributed by atoms with van der Waals surface area (Å²) in [6.45, 7) is 0.999. The van der Waals surface area contributed by atoms with E-state index in [-0.39, 0.29) is 0 Å². The number of ether oxygens (including phenoxy) is 3. The van der Waals surface area contributed by atoms with Crippen LogP contribution in [0.15, 0.2) is 24.3 Å². The van der Waals surface area contributed by atoms with Gasteiger partial charge in [0.2, 0.25) is 12.6 Å². The Morgan fingerprint density at radius 1 is 1.10 bits per heavy atom. The molecule has 1 saturated carbocycles. The number of aliphatic hydroxyl groups excluding tert-OH is 3. The lowest BCUT2D eigenvalue weighted by molar-refractivity contribution is -0.321. The maximum atomic E-state index is 10.8. The molecule has 2 fully saturated rings. The molecule has 1 heterocycles. The Labute approximate surface area is 175 Å². The number of aliphatic hydroxyl groups is 3. The van der Waals surface area contributed by atoms with Crippen LogP contribution in [-0.4, -0.2) is 83.0 Å². The molecule has 0 radical (unpaired) electrons. The predicted molar refractivity (Wildman–Crippen MR) is 106 cm³/mol. The van der Waals surface area contributed by atoms with E-state index >= 15 is 0 Å². The molecule has 4 N–H and O–H groups in total. The fourth-order valence-electron chi connectivity index (χ4n) is 4.40. The molecule has 3 rings (SSSR count). The van der Waals surface area contributed by atoms with Crippen molar-refractivity contribution in [3.8, 4) is 5.75 Å². The number of carbonyl (C=O) groups is 1. The first-order valence-electron chi connectivity index (χ1n) is 10.3. The summed E-state index contributed by atoms with van der Waals surface area (Å²) in [7, 11) is 4.14. The second-order valence-corrected chi connectivity index (χ2v) is 8.33. The molecule has 7 atom stereocenters. The van der Waals surface area contributed by atoms with Crippen LogP contribution in [0.25, 0.3) is 0 Å².